The third kappa shape index (κ3) is 3.00. The van der Waals surface area contributed by atoms with Gasteiger partial charge < -0.3 is 15.1 Å². The normalized spacial score (nSPS) is 34.1. The summed E-state index contributed by atoms with van der Waals surface area (Å²) in [6.45, 7) is 5.16. The average molecular weight is 437 g/mol. The molecule has 5 heterocycles. The van der Waals surface area contributed by atoms with Crippen LogP contribution in [-0.4, -0.2) is 70.2 Å². The van der Waals surface area contributed by atoms with Gasteiger partial charge in [0, 0.05) is 48.9 Å². The number of anilines is 1. The van der Waals surface area contributed by atoms with Crippen LogP contribution in [0.3, 0.4) is 0 Å². The minimum atomic E-state index is -0.392. The van der Waals surface area contributed by atoms with E-state index in [1.54, 1.807) is 11.0 Å². The Labute approximate surface area is 189 Å². The second-order valence-corrected chi connectivity index (χ2v) is 10.3. The molecule has 1 aromatic carbocycles. The van der Waals surface area contributed by atoms with Gasteiger partial charge in [0.1, 0.15) is 6.04 Å². The van der Waals surface area contributed by atoms with Crippen molar-refractivity contribution in [3.63, 3.8) is 0 Å². The summed E-state index contributed by atoms with van der Waals surface area (Å²) in [4.78, 5) is 45.3. The number of hydrogen-bond acceptors (Lipinski definition) is 4. The Hall–Kier alpha value is -2.41. The summed E-state index contributed by atoms with van der Waals surface area (Å²) in [5.41, 5.74) is 2.12. The van der Waals surface area contributed by atoms with Crippen LogP contribution in [0.1, 0.15) is 61.4 Å². The lowest BCUT2D eigenvalue weighted by atomic mass is 9.67. The minimum Gasteiger partial charge on any atom is -0.337 e. The molecule has 7 nitrogen and oxygen atoms in total. The highest BCUT2D eigenvalue weighted by molar-refractivity contribution is 6.04. The van der Waals surface area contributed by atoms with Gasteiger partial charge in [-0.15, -0.1) is 0 Å². The van der Waals surface area contributed by atoms with E-state index in [0.717, 1.165) is 24.9 Å². The van der Waals surface area contributed by atoms with Crippen molar-refractivity contribution in [2.24, 2.45) is 11.8 Å². The zero-order valence-corrected chi connectivity index (χ0v) is 18.8. The zero-order valence-electron chi connectivity index (χ0n) is 18.8. The fraction of sp³-hybridized carbons (Fsp3) is 0.640. The molecule has 5 aliphatic heterocycles. The number of carbonyl (C=O) groups is 3. The van der Waals surface area contributed by atoms with Gasteiger partial charge in [-0.25, -0.2) is 0 Å². The van der Waals surface area contributed by atoms with E-state index >= 15 is 0 Å². The van der Waals surface area contributed by atoms with Crippen LogP contribution in [-0.2, 0) is 16.1 Å². The maximum atomic E-state index is 13.8. The molecule has 0 aliphatic carbocycles. The fourth-order valence-corrected chi connectivity index (χ4v) is 7.46. The Morgan fingerprint density at radius 3 is 2.66 bits per heavy atom. The van der Waals surface area contributed by atoms with Crippen LogP contribution in [0.4, 0.5) is 5.69 Å². The number of piperidine rings is 4. The Kier molecular flexibility index (Phi) is 4.79. The van der Waals surface area contributed by atoms with Gasteiger partial charge >= 0.3 is 0 Å². The van der Waals surface area contributed by atoms with Crippen LogP contribution < -0.4 is 5.32 Å². The predicted molar refractivity (Wildman–Crippen MR) is 120 cm³/mol. The van der Waals surface area contributed by atoms with E-state index in [2.05, 4.69) is 15.1 Å². The second kappa shape index (κ2) is 7.58. The first-order valence-electron chi connectivity index (χ1n) is 12.3. The second-order valence-electron chi connectivity index (χ2n) is 10.3. The average Bonchev–Trinajstić information content (AvgIpc) is 3.12. The van der Waals surface area contributed by atoms with E-state index in [9.17, 15) is 14.4 Å². The molecule has 4 saturated heterocycles. The van der Waals surface area contributed by atoms with Crippen molar-refractivity contribution in [3.05, 3.63) is 29.3 Å². The molecule has 0 saturated carbocycles. The number of fused-ring (bicyclic) bond motifs is 3. The van der Waals surface area contributed by atoms with Crippen LogP contribution in [0.5, 0.6) is 0 Å². The molecule has 5 aliphatic rings. The molecule has 0 bridgehead atoms. The highest BCUT2D eigenvalue weighted by Gasteiger charge is 2.53. The van der Waals surface area contributed by atoms with E-state index in [4.69, 9.17) is 0 Å². The van der Waals surface area contributed by atoms with Gasteiger partial charge in [-0.2, -0.15) is 0 Å². The van der Waals surface area contributed by atoms with Crippen LogP contribution in [0.15, 0.2) is 18.2 Å². The molecular weight excluding hydrogens is 404 g/mol. The maximum Gasteiger partial charge on any atom is 0.255 e. The largest absolute Gasteiger partial charge is 0.337 e. The molecular formula is C25H32N4O3. The summed E-state index contributed by atoms with van der Waals surface area (Å²) in [5.74, 6) is 1.07. The number of carbonyl (C=O) groups excluding carboxylic acids is 3. The Morgan fingerprint density at radius 1 is 1.03 bits per heavy atom. The van der Waals surface area contributed by atoms with Crippen LogP contribution in [0.25, 0.3) is 0 Å². The zero-order chi connectivity index (χ0) is 22.0. The molecule has 0 radical (unpaired) electrons. The quantitative estimate of drug-likeness (QED) is 0.773. The Bertz CT molecular complexity index is 976. The molecule has 170 valence electrons. The van der Waals surface area contributed by atoms with Crippen molar-refractivity contribution in [2.45, 2.75) is 70.1 Å². The molecule has 1 N–H and O–H groups in total. The van der Waals surface area contributed by atoms with Crippen molar-refractivity contribution in [1.82, 2.24) is 14.7 Å². The summed E-state index contributed by atoms with van der Waals surface area (Å²) < 4.78 is 0. The van der Waals surface area contributed by atoms with Crippen molar-refractivity contribution in [1.29, 1.82) is 0 Å². The molecule has 5 atom stereocenters. The van der Waals surface area contributed by atoms with Crippen molar-refractivity contribution in [3.8, 4) is 0 Å². The smallest absolute Gasteiger partial charge is 0.255 e. The first-order valence-corrected chi connectivity index (χ1v) is 12.3. The molecule has 7 heteroatoms. The SMILES string of the molecule is CC(=O)Nc1cccc2c1CN(C1CC[C@@H]3[C@H]4CCCN5CCC[C@@H](CN3C1=O)[C@@H]45)C2=O. The molecule has 3 amide bonds. The number of benzene rings is 1. The summed E-state index contributed by atoms with van der Waals surface area (Å²) in [6, 6.07) is 6.03. The summed E-state index contributed by atoms with van der Waals surface area (Å²) in [5, 5.41) is 2.84. The van der Waals surface area contributed by atoms with E-state index in [0.29, 0.717) is 41.7 Å². The number of nitrogens with zero attached hydrogens (tertiary/aromatic N) is 3. The lowest BCUT2D eigenvalue weighted by Crippen LogP contribution is -2.69. The Morgan fingerprint density at radius 2 is 1.84 bits per heavy atom. The topological polar surface area (TPSA) is 73.0 Å². The van der Waals surface area contributed by atoms with Crippen molar-refractivity contribution >= 4 is 23.4 Å². The molecule has 0 spiro atoms. The molecule has 6 rings (SSSR count). The highest BCUT2D eigenvalue weighted by atomic mass is 16.2. The summed E-state index contributed by atoms with van der Waals surface area (Å²) in [6.07, 6.45) is 6.63. The van der Waals surface area contributed by atoms with Crippen LogP contribution in [0, 0.1) is 11.8 Å². The first-order chi connectivity index (χ1) is 15.5. The van der Waals surface area contributed by atoms with E-state index in [-0.39, 0.29) is 17.7 Å². The van der Waals surface area contributed by atoms with Gasteiger partial charge in [0.2, 0.25) is 11.8 Å². The number of hydrogen-bond donors (Lipinski definition) is 1. The van der Waals surface area contributed by atoms with E-state index < -0.39 is 6.04 Å². The first kappa shape index (κ1) is 20.2. The van der Waals surface area contributed by atoms with Gasteiger partial charge in [-0.1, -0.05) is 6.07 Å². The highest BCUT2D eigenvalue weighted by Crippen LogP contribution is 2.45. The standard InChI is InChI=1S/C25H32N4O3/c1-15(30)26-20-8-2-6-17-19(20)14-29(24(17)31)22-10-9-21-18-7-4-12-27-11-3-5-16(23(18)27)13-28(21)25(22)32/h2,6,8,16,18,21-23H,3-5,7,9-14H2,1H3,(H,26,30)/t16-,18+,21+,22?,23-/m0/s1. The maximum absolute atomic E-state index is 13.8. The minimum absolute atomic E-state index is 0.0830. The van der Waals surface area contributed by atoms with Gasteiger partial charge in [0.15, 0.2) is 0 Å². The van der Waals surface area contributed by atoms with Gasteiger partial charge in [0.05, 0.1) is 0 Å². The summed E-state index contributed by atoms with van der Waals surface area (Å²) in [7, 11) is 0. The van der Waals surface area contributed by atoms with Gasteiger partial charge in [-0.3, -0.25) is 19.3 Å². The van der Waals surface area contributed by atoms with Crippen LogP contribution >= 0.6 is 0 Å². The molecule has 1 unspecified atom stereocenters. The molecule has 0 aromatic heterocycles. The monoisotopic (exact) mass is 436 g/mol. The lowest BCUT2D eigenvalue weighted by molar-refractivity contribution is -0.157. The lowest BCUT2D eigenvalue weighted by Gasteiger charge is -2.59. The number of amides is 3. The van der Waals surface area contributed by atoms with Gasteiger partial charge in [-0.05, 0) is 75.6 Å². The molecule has 4 fully saturated rings. The summed E-state index contributed by atoms with van der Waals surface area (Å²) >= 11 is 0. The number of rotatable bonds is 2. The third-order valence-electron chi connectivity index (χ3n) is 8.66. The van der Waals surface area contributed by atoms with Crippen molar-refractivity contribution in [2.75, 3.05) is 25.0 Å². The van der Waals surface area contributed by atoms with Gasteiger partial charge in [0.25, 0.3) is 5.91 Å². The predicted octanol–water partition coefficient (Wildman–Crippen LogP) is 2.46. The van der Waals surface area contributed by atoms with E-state index in [1.807, 2.05) is 12.1 Å². The fourth-order valence-electron chi connectivity index (χ4n) is 7.46. The molecule has 1 aromatic rings. The van der Waals surface area contributed by atoms with Crippen LogP contribution in [0.2, 0.25) is 0 Å². The third-order valence-corrected chi connectivity index (χ3v) is 8.66. The Balaban J connectivity index is 1.25. The number of nitrogens with one attached hydrogen (secondary N) is 1. The van der Waals surface area contributed by atoms with Crippen molar-refractivity contribution < 1.29 is 14.4 Å². The van der Waals surface area contributed by atoms with E-state index in [1.165, 1.54) is 45.7 Å². The molecule has 32 heavy (non-hydrogen) atoms.